The summed E-state index contributed by atoms with van der Waals surface area (Å²) in [7, 11) is 0. The van der Waals surface area contributed by atoms with Gasteiger partial charge in [-0.15, -0.1) is 0 Å². The summed E-state index contributed by atoms with van der Waals surface area (Å²) in [6.45, 7) is 7.54. The lowest BCUT2D eigenvalue weighted by atomic mass is 10.1. The molecule has 0 bridgehead atoms. The van der Waals surface area contributed by atoms with Crippen molar-refractivity contribution in [3.05, 3.63) is 81.2 Å². The zero-order valence-corrected chi connectivity index (χ0v) is 19.2. The topological polar surface area (TPSA) is 135 Å². The molecule has 0 aliphatic heterocycles. The highest BCUT2D eigenvalue weighted by molar-refractivity contribution is 6.02. The van der Waals surface area contributed by atoms with Gasteiger partial charge in [-0.3, -0.25) is 19.6 Å². The number of hydrogen-bond acceptors (Lipinski definition) is 7. The molecule has 0 unspecified atom stereocenters. The number of nitrogens with zero attached hydrogens (tertiary/aromatic N) is 7. The predicted molar refractivity (Wildman–Crippen MR) is 123 cm³/mol. The van der Waals surface area contributed by atoms with E-state index in [0.29, 0.717) is 17.1 Å². The van der Waals surface area contributed by atoms with Crippen LogP contribution in [0.3, 0.4) is 0 Å². The molecule has 3 aromatic heterocycles. The van der Waals surface area contributed by atoms with Crippen molar-refractivity contribution >= 4 is 17.3 Å². The Labute approximate surface area is 194 Å². The number of aromatic nitrogens is 6. The number of rotatable bonds is 8. The number of amides is 1. The van der Waals surface area contributed by atoms with Crippen LogP contribution in [0.1, 0.15) is 33.0 Å². The highest BCUT2D eigenvalue weighted by Crippen LogP contribution is 2.22. The summed E-state index contributed by atoms with van der Waals surface area (Å²) in [5.41, 5.74) is 3.60. The standard InChI is InChI=1S/C22H24N8O4/c1-14-5-6-20(15(2)9-14)34-13-28-11-18(10-23-28)24-22(31)19-7-8-27(26-19)12-29-17(4)21(30(32)33)16(3)25-29/h5-11H,12-13H2,1-4H3,(H,24,31). The second kappa shape index (κ2) is 9.17. The fourth-order valence-corrected chi connectivity index (χ4v) is 3.58. The van der Waals surface area contributed by atoms with Gasteiger partial charge in [0.15, 0.2) is 12.4 Å². The first kappa shape index (κ1) is 22.7. The van der Waals surface area contributed by atoms with Gasteiger partial charge in [-0.1, -0.05) is 17.7 Å². The molecule has 0 saturated carbocycles. The molecule has 12 nitrogen and oxygen atoms in total. The third-order valence-electron chi connectivity index (χ3n) is 5.25. The molecule has 12 heteroatoms. The zero-order chi connectivity index (χ0) is 24.4. The third-order valence-corrected chi connectivity index (χ3v) is 5.25. The number of benzene rings is 1. The molecule has 3 heterocycles. The van der Waals surface area contributed by atoms with E-state index in [2.05, 4.69) is 20.6 Å². The third kappa shape index (κ3) is 4.80. The van der Waals surface area contributed by atoms with Gasteiger partial charge in [0.05, 0.1) is 23.0 Å². The van der Waals surface area contributed by atoms with Crippen LogP contribution in [-0.2, 0) is 13.4 Å². The minimum absolute atomic E-state index is 0.0244. The first-order chi connectivity index (χ1) is 16.2. The van der Waals surface area contributed by atoms with Gasteiger partial charge >= 0.3 is 5.69 Å². The molecule has 4 aromatic rings. The van der Waals surface area contributed by atoms with Crippen molar-refractivity contribution in [3.63, 3.8) is 0 Å². The molecule has 0 fully saturated rings. The lowest BCUT2D eigenvalue weighted by Crippen LogP contribution is -2.15. The summed E-state index contributed by atoms with van der Waals surface area (Å²) >= 11 is 0. The largest absolute Gasteiger partial charge is 0.471 e. The Morgan fingerprint density at radius 2 is 1.94 bits per heavy atom. The Morgan fingerprint density at radius 1 is 1.15 bits per heavy atom. The Balaban J connectivity index is 1.36. The summed E-state index contributed by atoms with van der Waals surface area (Å²) in [5.74, 6) is 0.359. The molecule has 0 atom stereocenters. The van der Waals surface area contributed by atoms with Gasteiger partial charge in [0.2, 0.25) is 0 Å². The summed E-state index contributed by atoms with van der Waals surface area (Å²) in [6.07, 6.45) is 4.79. The maximum Gasteiger partial charge on any atom is 0.312 e. The van der Waals surface area contributed by atoms with Crippen LogP contribution in [0.25, 0.3) is 0 Å². The van der Waals surface area contributed by atoms with Gasteiger partial charge in [0.1, 0.15) is 23.8 Å². The quantitative estimate of drug-likeness (QED) is 0.312. The van der Waals surface area contributed by atoms with E-state index >= 15 is 0 Å². The van der Waals surface area contributed by atoms with Crippen molar-refractivity contribution in [2.24, 2.45) is 0 Å². The average Bonchev–Trinajstić information content (AvgIpc) is 3.48. The number of nitro groups is 1. The number of anilines is 1. The van der Waals surface area contributed by atoms with E-state index in [0.717, 1.165) is 16.9 Å². The van der Waals surface area contributed by atoms with Crippen molar-refractivity contribution in [1.29, 1.82) is 0 Å². The van der Waals surface area contributed by atoms with Crippen molar-refractivity contribution in [1.82, 2.24) is 29.3 Å². The van der Waals surface area contributed by atoms with Crippen LogP contribution in [0.15, 0.2) is 42.9 Å². The van der Waals surface area contributed by atoms with Crippen LogP contribution < -0.4 is 10.1 Å². The molecule has 4 rings (SSSR count). The predicted octanol–water partition coefficient (Wildman–Crippen LogP) is 3.21. The summed E-state index contributed by atoms with van der Waals surface area (Å²) in [5, 5.41) is 26.6. The highest BCUT2D eigenvalue weighted by atomic mass is 16.6. The van der Waals surface area contributed by atoms with Gasteiger partial charge < -0.3 is 10.1 Å². The van der Waals surface area contributed by atoms with E-state index < -0.39 is 10.8 Å². The van der Waals surface area contributed by atoms with Gasteiger partial charge in [-0.25, -0.2) is 9.36 Å². The van der Waals surface area contributed by atoms with Crippen LogP contribution in [0.4, 0.5) is 11.4 Å². The number of carbonyl (C=O) groups is 1. The second-order valence-corrected chi connectivity index (χ2v) is 7.92. The van der Waals surface area contributed by atoms with E-state index in [9.17, 15) is 14.9 Å². The summed E-state index contributed by atoms with van der Waals surface area (Å²) < 4.78 is 10.3. The number of aryl methyl sites for hydroxylation is 3. The molecule has 1 N–H and O–H groups in total. The molecule has 1 aromatic carbocycles. The highest BCUT2D eigenvalue weighted by Gasteiger charge is 2.22. The molecular weight excluding hydrogens is 440 g/mol. The maximum atomic E-state index is 12.6. The van der Waals surface area contributed by atoms with Crippen LogP contribution >= 0.6 is 0 Å². The fraction of sp³-hybridized carbons (Fsp3) is 0.273. The molecule has 0 radical (unpaired) electrons. The van der Waals surface area contributed by atoms with Crippen molar-refractivity contribution in [3.8, 4) is 5.75 Å². The number of hydrogen-bond donors (Lipinski definition) is 1. The smallest absolute Gasteiger partial charge is 0.312 e. The Morgan fingerprint density at radius 3 is 2.65 bits per heavy atom. The molecule has 0 aliphatic carbocycles. The minimum Gasteiger partial charge on any atom is -0.471 e. The van der Waals surface area contributed by atoms with Crippen LogP contribution in [-0.4, -0.2) is 40.2 Å². The lowest BCUT2D eigenvalue weighted by molar-refractivity contribution is -0.386. The molecule has 176 valence electrons. The van der Waals surface area contributed by atoms with Crippen LogP contribution in [0, 0.1) is 37.8 Å². The average molecular weight is 464 g/mol. The van der Waals surface area contributed by atoms with Gasteiger partial charge in [-0.2, -0.15) is 15.3 Å². The van der Waals surface area contributed by atoms with E-state index in [1.54, 1.807) is 37.0 Å². The number of ether oxygens (including phenoxy) is 1. The van der Waals surface area contributed by atoms with E-state index in [-0.39, 0.29) is 24.8 Å². The van der Waals surface area contributed by atoms with E-state index in [1.807, 2.05) is 32.0 Å². The van der Waals surface area contributed by atoms with Gasteiger partial charge in [-0.05, 0) is 45.4 Å². The summed E-state index contributed by atoms with van der Waals surface area (Å²) in [4.78, 5) is 23.3. The number of carbonyl (C=O) groups excluding carboxylic acids is 1. The Hall–Kier alpha value is -4.48. The Kier molecular flexibility index (Phi) is 6.13. The van der Waals surface area contributed by atoms with Crippen molar-refractivity contribution in [2.45, 2.75) is 41.1 Å². The molecular formula is C22H24N8O4. The lowest BCUT2D eigenvalue weighted by Gasteiger charge is -2.09. The minimum atomic E-state index is -0.455. The first-order valence-electron chi connectivity index (χ1n) is 10.5. The molecule has 0 saturated heterocycles. The molecule has 34 heavy (non-hydrogen) atoms. The fourth-order valence-electron chi connectivity index (χ4n) is 3.58. The monoisotopic (exact) mass is 464 g/mol. The van der Waals surface area contributed by atoms with Crippen LogP contribution in [0.5, 0.6) is 5.75 Å². The van der Waals surface area contributed by atoms with E-state index in [1.165, 1.54) is 15.6 Å². The van der Waals surface area contributed by atoms with Crippen molar-refractivity contribution < 1.29 is 14.5 Å². The molecule has 0 spiro atoms. The SMILES string of the molecule is Cc1ccc(OCn2cc(NC(=O)c3ccn(Cn4nc(C)c([N+](=O)[O-])c4C)n3)cn2)c(C)c1. The number of nitrogens with one attached hydrogen (secondary N) is 1. The van der Waals surface area contributed by atoms with Crippen LogP contribution in [0.2, 0.25) is 0 Å². The Bertz CT molecular complexity index is 1370. The van der Waals surface area contributed by atoms with E-state index in [4.69, 9.17) is 4.74 Å². The first-order valence-corrected chi connectivity index (χ1v) is 10.5. The molecule has 0 aliphatic rings. The van der Waals surface area contributed by atoms with Crippen molar-refractivity contribution in [2.75, 3.05) is 5.32 Å². The summed E-state index contributed by atoms with van der Waals surface area (Å²) in [6, 6.07) is 7.49. The normalized spacial score (nSPS) is 10.9. The second-order valence-electron chi connectivity index (χ2n) is 7.92. The molecule has 1 amide bonds. The van der Waals surface area contributed by atoms with Gasteiger partial charge in [0.25, 0.3) is 5.91 Å². The van der Waals surface area contributed by atoms with Gasteiger partial charge in [0, 0.05) is 6.20 Å². The zero-order valence-electron chi connectivity index (χ0n) is 19.2. The maximum absolute atomic E-state index is 12.6.